The van der Waals surface area contributed by atoms with Gasteiger partial charge >= 0.3 is 0 Å². The summed E-state index contributed by atoms with van der Waals surface area (Å²) in [5.74, 6) is -0.571. The first-order chi connectivity index (χ1) is 14.1. The Morgan fingerprint density at radius 3 is 2.59 bits per heavy atom. The SMILES string of the molecule is O=C(Cc1ccccc1F)NC[C@H]1CN(C2CCN(C3CCC3)CC2)C(=O)CO1. The number of carbonyl (C=O) groups is 2. The van der Waals surface area contributed by atoms with Gasteiger partial charge in [-0.05, 0) is 37.3 Å². The summed E-state index contributed by atoms with van der Waals surface area (Å²) in [7, 11) is 0. The predicted molar refractivity (Wildman–Crippen MR) is 107 cm³/mol. The van der Waals surface area contributed by atoms with Crippen LogP contribution in [0.25, 0.3) is 0 Å². The van der Waals surface area contributed by atoms with Crippen LogP contribution in [-0.2, 0) is 20.7 Å². The number of rotatable bonds is 6. The van der Waals surface area contributed by atoms with Crippen molar-refractivity contribution in [1.82, 2.24) is 15.1 Å². The molecule has 1 aromatic rings. The molecule has 1 aromatic carbocycles. The van der Waals surface area contributed by atoms with Crippen LogP contribution in [0.1, 0.15) is 37.7 Å². The smallest absolute Gasteiger partial charge is 0.248 e. The molecule has 158 valence electrons. The predicted octanol–water partition coefficient (Wildman–Crippen LogP) is 1.73. The van der Waals surface area contributed by atoms with E-state index in [0.717, 1.165) is 32.0 Å². The second kappa shape index (κ2) is 9.22. The molecule has 1 saturated carbocycles. The maximum atomic E-state index is 13.7. The average Bonchev–Trinajstić information content (AvgIpc) is 2.68. The van der Waals surface area contributed by atoms with Gasteiger partial charge in [0, 0.05) is 38.3 Å². The van der Waals surface area contributed by atoms with Gasteiger partial charge in [0.2, 0.25) is 11.8 Å². The second-order valence-corrected chi connectivity index (χ2v) is 8.40. The van der Waals surface area contributed by atoms with Crippen LogP contribution in [0.5, 0.6) is 0 Å². The van der Waals surface area contributed by atoms with Gasteiger partial charge in [0.05, 0.1) is 12.5 Å². The third kappa shape index (κ3) is 4.95. The average molecular weight is 403 g/mol. The van der Waals surface area contributed by atoms with Crippen molar-refractivity contribution in [1.29, 1.82) is 0 Å². The molecule has 2 heterocycles. The molecule has 3 fully saturated rings. The number of likely N-dealkylation sites (tertiary alicyclic amines) is 1. The van der Waals surface area contributed by atoms with Crippen molar-refractivity contribution < 1.29 is 18.7 Å². The summed E-state index contributed by atoms with van der Waals surface area (Å²) >= 11 is 0. The molecule has 1 aliphatic carbocycles. The Bertz CT molecular complexity index is 732. The van der Waals surface area contributed by atoms with Crippen LogP contribution in [0.2, 0.25) is 0 Å². The molecule has 4 rings (SSSR count). The number of nitrogens with zero attached hydrogens (tertiary/aromatic N) is 2. The lowest BCUT2D eigenvalue weighted by molar-refractivity contribution is -0.153. The Labute approximate surface area is 171 Å². The van der Waals surface area contributed by atoms with Gasteiger partial charge in [0.1, 0.15) is 12.4 Å². The summed E-state index contributed by atoms with van der Waals surface area (Å²) in [6, 6.07) is 7.31. The van der Waals surface area contributed by atoms with Gasteiger partial charge < -0.3 is 19.9 Å². The van der Waals surface area contributed by atoms with Crippen molar-refractivity contribution in [3.8, 4) is 0 Å². The van der Waals surface area contributed by atoms with E-state index in [1.165, 1.54) is 25.3 Å². The van der Waals surface area contributed by atoms with Crippen molar-refractivity contribution in [3.05, 3.63) is 35.6 Å². The summed E-state index contributed by atoms with van der Waals surface area (Å²) in [4.78, 5) is 29.1. The largest absolute Gasteiger partial charge is 0.365 e. The molecule has 6 nitrogen and oxygen atoms in total. The fourth-order valence-corrected chi connectivity index (χ4v) is 4.54. The number of nitrogens with one attached hydrogen (secondary N) is 1. The fraction of sp³-hybridized carbons (Fsp3) is 0.636. The first kappa shape index (κ1) is 20.3. The quantitative estimate of drug-likeness (QED) is 0.786. The Hall–Kier alpha value is -1.99. The number of hydrogen-bond acceptors (Lipinski definition) is 4. The minimum Gasteiger partial charge on any atom is -0.365 e. The lowest BCUT2D eigenvalue weighted by Crippen LogP contribution is -2.57. The molecule has 3 aliphatic rings. The van der Waals surface area contributed by atoms with E-state index < -0.39 is 0 Å². The molecular weight excluding hydrogens is 373 g/mol. The number of benzene rings is 1. The van der Waals surface area contributed by atoms with Crippen LogP contribution in [-0.4, -0.2) is 72.6 Å². The highest BCUT2D eigenvalue weighted by atomic mass is 19.1. The van der Waals surface area contributed by atoms with Crippen molar-refractivity contribution in [2.45, 2.75) is 56.7 Å². The van der Waals surface area contributed by atoms with Gasteiger partial charge in [-0.3, -0.25) is 9.59 Å². The standard InChI is InChI=1S/C22H30FN3O3/c23-20-7-2-1-4-16(20)12-21(27)24-13-19-14-26(22(28)15-29-19)18-8-10-25(11-9-18)17-5-3-6-17/h1-2,4,7,17-19H,3,5-6,8-15H2,(H,24,27)/t19-/m0/s1. The molecular formula is C22H30FN3O3. The Morgan fingerprint density at radius 1 is 1.14 bits per heavy atom. The van der Waals surface area contributed by atoms with E-state index in [2.05, 4.69) is 10.2 Å². The summed E-state index contributed by atoms with van der Waals surface area (Å²) in [5, 5.41) is 2.83. The number of carbonyl (C=O) groups excluding carboxylic acids is 2. The van der Waals surface area contributed by atoms with Gasteiger partial charge in [0.15, 0.2) is 0 Å². The van der Waals surface area contributed by atoms with E-state index in [4.69, 9.17) is 4.74 Å². The molecule has 0 spiro atoms. The summed E-state index contributed by atoms with van der Waals surface area (Å²) in [6.07, 6.45) is 5.77. The van der Waals surface area contributed by atoms with E-state index in [1.807, 2.05) is 4.90 Å². The molecule has 0 radical (unpaired) electrons. The van der Waals surface area contributed by atoms with E-state index in [1.54, 1.807) is 18.2 Å². The summed E-state index contributed by atoms with van der Waals surface area (Å²) in [6.45, 7) is 3.02. The van der Waals surface area contributed by atoms with Crippen molar-refractivity contribution in [2.24, 2.45) is 0 Å². The van der Waals surface area contributed by atoms with Crippen LogP contribution in [0, 0.1) is 5.82 Å². The monoisotopic (exact) mass is 403 g/mol. The molecule has 0 bridgehead atoms. The van der Waals surface area contributed by atoms with Crippen molar-refractivity contribution in [2.75, 3.05) is 32.8 Å². The Balaban J connectivity index is 1.24. The number of amides is 2. The van der Waals surface area contributed by atoms with E-state index in [-0.39, 0.29) is 42.8 Å². The fourth-order valence-electron chi connectivity index (χ4n) is 4.54. The van der Waals surface area contributed by atoms with Crippen LogP contribution in [0.15, 0.2) is 24.3 Å². The van der Waals surface area contributed by atoms with Gasteiger partial charge in [-0.2, -0.15) is 0 Å². The highest BCUT2D eigenvalue weighted by Crippen LogP contribution is 2.29. The first-order valence-electron chi connectivity index (χ1n) is 10.8. The van der Waals surface area contributed by atoms with Crippen LogP contribution in [0.3, 0.4) is 0 Å². The first-order valence-corrected chi connectivity index (χ1v) is 10.8. The van der Waals surface area contributed by atoms with Gasteiger partial charge in [0.25, 0.3) is 0 Å². The Kier molecular flexibility index (Phi) is 6.45. The normalized spacial score (nSPS) is 24.4. The number of ether oxygens (including phenoxy) is 1. The molecule has 0 unspecified atom stereocenters. The zero-order valence-corrected chi connectivity index (χ0v) is 16.8. The van der Waals surface area contributed by atoms with Crippen LogP contribution >= 0.6 is 0 Å². The number of halogens is 1. The maximum absolute atomic E-state index is 13.7. The second-order valence-electron chi connectivity index (χ2n) is 8.40. The molecule has 7 heteroatoms. The zero-order valence-electron chi connectivity index (χ0n) is 16.8. The lowest BCUT2D eigenvalue weighted by atomic mass is 9.89. The molecule has 2 saturated heterocycles. The van der Waals surface area contributed by atoms with Crippen molar-refractivity contribution >= 4 is 11.8 Å². The third-order valence-corrected chi connectivity index (χ3v) is 6.53. The van der Waals surface area contributed by atoms with Gasteiger partial charge in [-0.15, -0.1) is 0 Å². The van der Waals surface area contributed by atoms with Crippen molar-refractivity contribution in [3.63, 3.8) is 0 Å². The molecule has 0 aromatic heterocycles. The van der Waals surface area contributed by atoms with Crippen LogP contribution < -0.4 is 5.32 Å². The molecule has 29 heavy (non-hydrogen) atoms. The number of morpholine rings is 1. The Morgan fingerprint density at radius 2 is 1.90 bits per heavy atom. The molecule has 2 amide bonds. The highest BCUT2D eigenvalue weighted by molar-refractivity contribution is 5.79. The van der Waals surface area contributed by atoms with E-state index in [0.29, 0.717) is 18.7 Å². The highest BCUT2D eigenvalue weighted by Gasteiger charge is 2.35. The number of piperidine rings is 1. The molecule has 2 aliphatic heterocycles. The lowest BCUT2D eigenvalue weighted by Gasteiger charge is -2.45. The summed E-state index contributed by atoms with van der Waals surface area (Å²) in [5.41, 5.74) is 0.379. The van der Waals surface area contributed by atoms with Crippen LogP contribution in [0.4, 0.5) is 4.39 Å². The maximum Gasteiger partial charge on any atom is 0.248 e. The van der Waals surface area contributed by atoms with Gasteiger partial charge in [-0.25, -0.2) is 4.39 Å². The minimum atomic E-state index is -0.374. The number of hydrogen-bond donors (Lipinski definition) is 1. The van der Waals surface area contributed by atoms with E-state index in [9.17, 15) is 14.0 Å². The summed E-state index contributed by atoms with van der Waals surface area (Å²) < 4.78 is 19.3. The minimum absolute atomic E-state index is 0.00165. The molecule has 1 atom stereocenters. The molecule has 1 N–H and O–H groups in total. The van der Waals surface area contributed by atoms with Gasteiger partial charge in [-0.1, -0.05) is 24.6 Å². The van der Waals surface area contributed by atoms with E-state index >= 15 is 0 Å². The third-order valence-electron chi connectivity index (χ3n) is 6.53. The topological polar surface area (TPSA) is 61.9 Å². The zero-order chi connectivity index (χ0) is 20.2.